The van der Waals surface area contributed by atoms with E-state index in [0.29, 0.717) is 5.92 Å². The summed E-state index contributed by atoms with van der Waals surface area (Å²) in [7, 11) is 1.91. The fourth-order valence-electron chi connectivity index (χ4n) is 1.94. The quantitative estimate of drug-likeness (QED) is 0.855. The molecule has 0 amide bonds. The van der Waals surface area contributed by atoms with E-state index in [-0.39, 0.29) is 0 Å². The minimum absolute atomic E-state index is 0.650. The van der Waals surface area contributed by atoms with Crippen molar-refractivity contribution in [1.82, 2.24) is 9.97 Å². The number of rotatable bonds is 6. The second-order valence-electron chi connectivity index (χ2n) is 5.02. The van der Waals surface area contributed by atoms with Crippen molar-refractivity contribution >= 4 is 27.8 Å². The van der Waals surface area contributed by atoms with Gasteiger partial charge in [-0.3, -0.25) is 0 Å². The first-order valence-corrected chi connectivity index (χ1v) is 8.45. The van der Waals surface area contributed by atoms with E-state index >= 15 is 0 Å². The highest BCUT2D eigenvalue weighted by Gasteiger charge is 2.15. The second-order valence-corrected chi connectivity index (χ2v) is 6.96. The third kappa shape index (κ3) is 3.54. The van der Waals surface area contributed by atoms with Gasteiger partial charge in [-0.1, -0.05) is 27.2 Å². The molecule has 2 heterocycles. The molecule has 0 atom stereocenters. The van der Waals surface area contributed by atoms with Crippen LogP contribution in [-0.2, 0) is 12.8 Å². The Hall–Kier alpha value is -0.940. The Morgan fingerprint density at radius 3 is 2.68 bits per heavy atom. The molecular weight excluding hydrogens is 274 g/mol. The van der Waals surface area contributed by atoms with Gasteiger partial charge in [0.05, 0.1) is 21.3 Å². The average Bonchev–Trinajstić information content (AvgIpc) is 2.95. The Balaban J connectivity index is 2.33. The number of thiazole rings is 2. The predicted octanol–water partition coefficient (Wildman–Crippen LogP) is 4.46. The maximum atomic E-state index is 4.81. The third-order valence-electron chi connectivity index (χ3n) is 2.76. The highest BCUT2D eigenvalue weighted by molar-refractivity contribution is 7.16. The lowest BCUT2D eigenvalue weighted by Gasteiger charge is -1.98. The second kappa shape index (κ2) is 6.48. The average molecular weight is 295 g/mol. The summed E-state index contributed by atoms with van der Waals surface area (Å²) >= 11 is 3.46. The number of aryl methyl sites for hydroxylation is 1. The highest BCUT2D eigenvalue weighted by atomic mass is 32.1. The van der Waals surface area contributed by atoms with Gasteiger partial charge < -0.3 is 5.32 Å². The van der Waals surface area contributed by atoms with Crippen molar-refractivity contribution in [2.24, 2.45) is 5.92 Å². The molecule has 0 aliphatic heterocycles. The van der Waals surface area contributed by atoms with Gasteiger partial charge in [0.1, 0.15) is 0 Å². The molecule has 3 nitrogen and oxygen atoms in total. The van der Waals surface area contributed by atoms with Gasteiger partial charge in [-0.15, -0.1) is 22.7 Å². The van der Waals surface area contributed by atoms with E-state index in [1.54, 1.807) is 11.3 Å². The van der Waals surface area contributed by atoms with Gasteiger partial charge in [0.15, 0.2) is 5.13 Å². The van der Waals surface area contributed by atoms with E-state index in [9.17, 15) is 0 Å². The van der Waals surface area contributed by atoms with Crippen molar-refractivity contribution in [3.8, 4) is 10.6 Å². The topological polar surface area (TPSA) is 37.8 Å². The first kappa shape index (κ1) is 14.5. The van der Waals surface area contributed by atoms with E-state index in [2.05, 4.69) is 36.5 Å². The van der Waals surface area contributed by atoms with E-state index in [4.69, 9.17) is 4.98 Å². The number of aromatic nitrogens is 2. The van der Waals surface area contributed by atoms with Gasteiger partial charge in [0.25, 0.3) is 0 Å². The van der Waals surface area contributed by atoms with Crippen molar-refractivity contribution in [2.45, 2.75) is 40.0 Å². The minimum Gasteiger partial charge on any atom is -0.365 e. The summed E-state index contributed by atoms with van der Waals surface area (Å²) in [5.41, 5.74) is 2.29. The standard InChI is InChI=1S/C14H21N3S2/c1-5-6-10-13(11-8-18-14(15-4)17-11)19-12(16-10)7-9(2)3/h8-9H,5-7H2,1-4H3,(H,15,17). The van der Waals surface area contributed by atoms with Crippen molar-refractivity contribution in [2.75, 3.05) is 12.4 Å². The van der Waals surface area contributed by atoms with Crippen LogP contribution in [0.3, 0.4) is 0 Å². The molecule has 0 aliphatic rings. The van der Waals surface area contributed by atoms with Crippen LogP contribution in [0.4, 0.5) is 5.13 Å². The summed E-state index contributed by atoms with van der Waals surface area (Å²) in [6.07, 6.45) is 3.22. The van der Waals surface area contributed by atoms with Crippen molar-refractivity contribution in [1.29, 1.82) is 0 Å². The van der Waals surface area contributed by atoms with Crippen LogP contribution in [0.25, 0.3) is 10.6 Å². The smallest absolute Gasteiger partial charge is 0.182 e. The van der Waals surface area contributed by atoms with Gasteiger partial charge in [0.2, 0.25) is 0 Å². The number of hydrogen-bond donors (Lipinski definition) is 1. The van der Waals surface area contributed by atoms with Crippen LogP contribution in [0.1, 0.15) is 37.9 Å². The number of anilines is 1. The maximum Gasteiger partial charge on any atom is 0.182 e. The van der Waals surface area contributed by atoms with Crippen LogP contribution < -0.4 is 5.32 Å². The minimum atomic E-state index is 0.650. The maximum absolute atomic E-state index is 4.81. The Labute approximate surface area is 123 Å². The molecule has 0 spiro atoms. The van der Waals surface area contributed by atoms with Crippen LogP contribution in [0.5, 0.6) is 0 Å². The fourth-order valence-corrected chi connectivity index (χ4v) is 3.96. The molecule has 0 bridgehead atoms. The van der Waals surface area contributed by atoms with E-state index in [1.807, 2.05) is 18.4 Å². The molecule has 5 heteroatoms. The number of nitrogens with zero attached hydrogens (tertiary/aromatic N) is 2. The fraction of sp³-hybridized carbons (Fsp3) is 0.571. The molecule has 2 aromatic heterocycles. The summed E-state index contributed by atoms with van der Waals surface area (Å²) in [4.78, 5) is 10.7. The predicted molar refractivity (Wildman–Crippen MR) is 85.3 cm³/mol. The monoisotopic (exact) mass is 295 g/mol. The van der Waals surface area contributed by atoms with Crippen LogP contribution in [0, 0.1) is 5.92 Å². The first-order valence-electron chi connectivity index (χ1n) is 6.76. The molecule has 0 unspecified atom stereocenters. The molecule has 0 saturated heterocycles. The molecule has 0 radical (unpaired) electrons. The zero-order valence-corrected chi connectivity index (χ0v) is 13.6. The molecule has 2 rings (SSSR count). The molecule has 0 aliphatic carbocycles. The molecule has 0 aromatic carbocycles. The highest BCUT2D eigenvalue weighted by Crippen LogP contribution is 2.34. The van der Waals surface area contributed by atoms with E-state index in [0.717, 1.165) is 30.1 Å². The largest absolute Gasteiger partial charge is 0.365 e. The molecule has 104 valence electrons. The summed E-state index contributed by atoms with van der Waals surface area (Å²) in [6, 6.07) is 0. The Bertz CT molecular complexity index is 529. The van der Waals surface area contributed by atoms with Crippen LogP contribution >= 0.6 is 22.7 Å². The normalized spacial score (nSPS) is 11.2. The Morgan fingerprint density at radius 2 is 2.11 bits per heavy atom. The SMILES string of the molecule is CCCc1nc(CC(C)C)sc1-c1csc(NC)n1. The van der Waals surface area contributed by atoms with Crippen molar-refractivity contribution < 1.29 is 0 Å². The molecule has 0 saturated carbocycles. The molecule has 1 N–H and O–H groups in total. The summed E-state index contributed by atoms with van der Waals surface area (Å²) < 4.78 is 0. The third-order valence-corrected chi connectivity index (χ3v) is 4.76. The first-order chi connectivity index (χ1) is 9.13. The zero-order chi connectivity index (χ0) is 13.8. The Kier molecular flexibility index (Phi) is 4.93. The van der Waals surface area contributed by atoms with Crippen LogP contribution in [-0.4, -0.2) is 17.0 Å². The lowest BCUT2D eigenvalue weighted by atomic mass is 10.1. The van der Waals surface area contributed by atoms with Crippen LogP contribution in [0.15, 0.2) is 5.38 Å². The van der Waals surface area contributed by atoms with Crippen LogP contribution in [0.2, 0.25) is 0 Å². The van der Waals surface area contributed by atoms with Gasteiger partial charge in [-0.25, -0.2) is 9.97 Å². The Morgan fingerprint density at radius 1 is 1.32 bits per heavy atom. The van der Waals surface area contributed by atoms with Crippen molar-refractivity contribution in [3.63, 3.8) is 0 Å². The van der Waals surface area contributed by atoms with E-state index < -0.39 is 0 Å². The van der Waals surface area contributed by atoms with Gasteiger partial charge in [0, 0.05) is 18.8 Å². The lowest BCUT2D eigenvalue weighted by Crippen LogP contribution is -1.94. The van der Waals surface area contributed by atoms with Crippen molar-refractivity contribution in [3.05, 3.63) is 16.1 Å². The zero-order valence-electron chi connectivity index (χ0n) is 12.0. The lowest BCUT2D eigenvalue weighted by molar-refractivity contribution is 0.642. The molecule has 2 aromatic rings. The number of nitrogens with one attached hydrogen (secondary N) is 1. The molecule has 19 heavy (non-hydrogen) atoms. The summed E-state index contributed by atoms with van der Waals surface area (Å²) in [5, 5.41) is 7.43. The van der Waals surface area contributed by atoms with E-state index in [1.165, 1.54) is 15.6 Å². The number of hydrogen-bond acceptors (Lipinski definition) is 5. The summed E-state index contributed by atoms with van der Waals surface area (Å²) in [5.74, 6) is 0.650. The van der Waals surface area contributed by atoms with Gasteiger partial charge in [-0.2, -0.15) is 0 Å². The van der Waals surface area contributed by atoms with Gasteiger partial charge >= 0.3 is 0 Å². The summed E-state index contributed by atoms with van der Waals surface area (Å²) in [6.45, 7) is 6.68. The molecular formula is C14H21N3S2. The van der Waals surface area contributed by atoms with Gasteiger partial charge in [-0.05, 0) is 12.3 Å². The molecule has 0 fully saturated rings.